The van der Waals surface area contributed by atoms with E-state index in [0.717, 1.165) is 19.4 Å². The zero-order valence-electron chi connectivity index (χ0n) is 13.4. The van der Waals surface area contributed by atoms with Gasteiger partial charge in [0.2, 0.25) is 0 Å². The minimum atomic E-state index is 0.297. The van der Waals surface area contributed by atoms with Gasteiger partial charge in [-0.15, -0.1) is 0 Å². The van der Waals surface area contributed by atoms with Gasteiger partial charge >= 0.3 is 0 Å². The van der Waals surface area contributed by atoms with E-state index >= 15 is 0 Å². The van der Waals surface area contributed by atoms with Crippen LogP contribution in [0, 0.1) is 5.41 Å². The lowest BCUT2D eigenvalue weighted by molar-refractivity contribution is 0.0105. The molecule has 1 aromatic rings. The van der Waals surface area contributed by atoms with Crippen LogP contribution >= 0.6 is 0 Å². The standard InChI is InChI=1S/C18H29NO/c1-18(2,3)12-13-20-16-11-7-9-14-8-5-6-10-15(14)17(16)19-4/h5-6,8,10,16-17,19H,7,9,11-13H2,1-4H3. The molecule has 1 aliphatic rings. The smallest absolute Gasteiger partial charge is 0.0769 e. The number of likely N-dealkylation sites (N-methyl/N-ethyl adjacent to an activating group) is 1. The summed E-state index contributed by atoms with van der Waals surface area (Å²) in [6, 6.07) is 9.13. The van der Waals surface area contributed by atoms with E-state index in [4.69, 9.17) is 4.74 Å². The number of hydrogen-bond acceptors (Lipinski definition) is 2. The summed E-state index contributed by atoms with van der Waals surface area (Å²) in [6.45, 7) is 7.67. The van der Waals surface area contributed by atoms with Gasteiger partial charge in [0, 0.05) is 6.61 Å². The third-order valence-corrected chi connectivity index (χ3v) is 4.19. The first kappa shape index (κ1) is 15.5. The number of fused-ring (bicyclic) bond motifs is 1. The number of hydrogen-bond donors (Lipinski definition) is 1. The van der Waals surface area contributed by atoms with Crippen molar-refractivity contribution in [3.8, 4) is 0 Å². The predicted octanol–water partition coefficient (Wildman–Crippen LogP) is 4.10. The lowest BCUT2D eigenvalue weighted by atomic mass is 9.93. The first-order valence-electron chi connectivity index (χ1n) is 7.88. The Labute approximate surface area is 123 Å². The minimum absolute atomic E-state index is 0.297. The summed E-state index contributed by atoms with van der Waals surface area (Å²) in [5.74, 6) is 0. The van der Waals surface area contributed by atoms with Crippen LogP contribution in [0.1, 0.15) is 57.2 Å². The number of nitrogens with one attached hydrogen (secondary N) is 1. The lowest BCUT2D eigenvalue weighted by Crippen LogP contribution is -2.32. The van der Waals surface area contributed by atoms with Crippen LogP contribution in [0.5, 0.6) is 0 Å². The van der Waals surface area contributed by atoms with Crippen molar-refractivity contribution in [3.63, 3.8) is 0 Å². The van der Waals surface area contributed by atoms with Crippen molar-refractivity contribution < 1.29 is 4.74 Å². The van der Waals surface area contributed by atoms with Crippen LogP contribution < -0.4 is 5.32 Å². The van der Waals surface area contributed by atoms with Crippen molar-refractivity contribution in [1.29, 1.82) is 0 Å². The van der Waals surface area contributed by atoms with Gasteiger partial charge in [-0.25, -0.2) is 0 Å². The topological polar surface area (TPSA) is 21.3 Å². The van der Waals surface area contributed by atoms with Crippen LogP contribution in [0.2, 0.25) is 0 Å². The molecule has 20 heavy (non-hydrogen) atoms. The number of aryl methyl sites for hydroxylation is 1. The summed E-state index contributed by atoms with van der Waals surface area (Å²) in [6.07, 6.45) is 4.94. The van der Waals surface area contributed by atoms with Crippen LogP contribution in [0.3, 0.4) is 0 Å². The fraction of sp³-hybridized carbons (Fsp3) is 0.667. The van der Waals surface area contributed by atoms with Crippen molar-refractivity contribution in [3.05, 3.63) is 35.4 Å². The molecule has 0 amide bonds. The van der Waals surface area contributed by atoms with E-state index in [-0.39, 0.29) is 0 Å². The Morgan fingerprint density at radius 3 is 2.70 bits per heavy atom. The summed E-state index contributed by atoms with van der Waals surface area (Å²) < 4.78 is 6.24. The van der Waals surface area contributed by atoms with Crippen molar-refractivity contribution in [2.75, 3.05) is 13.7 Å². The van der Waals surface area contributed by atoms with E-state index in [0.29, 0.717) is 17.6 Å². The third kappa shape index (κ3) is 4.07. The molecule has 0 heterocycles. The van der Waals surface area contributed by atoms with Crippen molar-refractivity contribution in [2.24, 2.45) is 5.41 Å². The molecule has 0 bridgehead atoms. The molecule has 1 aromatic carbocycles. The van der Waals surface area contributed by atoms with Crippen molar-refractivity contribution >= 4 is 0 Å². The first-order chi connectivity index (χ1) is 9.51. The maximum Gasteiger partial charge on any atom is 0.0769 e. The second-order valence-electron chi connectivity index (χ2n) is 7.08. The van der Waals surface area contributed by atoms with Crippen molar-refractivity contribution in [1.82, 2.24) is 5.32 Å². The second-order valence-corrected chi connectivity index (χ2v) is 7.08. The van der Waals surface area contributed by atoms with Gasteiger partial charge in [-0.3, -0.25) is 0 Å². The first-order valence-corrected chi connectivity index (χ1v) is 7.88. The van der Waals surface area contributed by atoms with E-state index in [2.05, 4.69) is 50.4 Å². The summed E-state index contributed by atoms with van der Waals surface area (Å²) in [5.41, 5.74) is 3.25. The summed E-state index contributed by atoms with van der Waals surface area (Å²) in [7, 11) is 2.05. The highest BCUT2D eigenvalue weighted by Gasteiger charge is 2.27. The van der Waals surface area contributed by atoms with Crippen molar-refractivity contribution in [2.45, 2.75) is 58.6 Å². The molecule has 0 spiro atoms. The van der Waals surface area contributed by atoms with Gasteiger partial charge in [0.25, 0.3) is 0 Å². The van der Waals surface area contributed by atoms with Gasteiger partial charge in [0.15, 0.2) is 0 Å². The average molecular weight is 275 g/mol. The molecule has 2 rings (SSSR count). The highest BCUT2D eigenvalue weighted by atomic mass is 16.5. The van der Waals surface area contributed by atoms with Gasteiger partial charge in [0.1, 0.15) is 0 Å². The molecule has 1 N–H and O–H groups in total. The molecule has 0 fully saturated rings. The molecule has 0 radical (unpaired) electrons. The average Bonchev–Trinajstić information content (AvgIpc) is 2.56. The van der Waals surface area contributed by atoms with Gasteiger partial charge < -0.3 is 10.1 Å². The summed E-state index contributed by atoms with van der Waals surface area (Å²) in [4.78, 5) is 0. The molecule has 2 atom stereocenters. The Morgan fingerprint density at radius 1 is 1.25 bits per heavy atom. The normalized spacial score (nSPS) is 23.2. The number of rotatable bonds is 4. The maximum absolute atomic E-state index is 6.24. The Kier molecular flexibility index (Phi) is 5.22. The fourth-order valence-corrected chi connectivity index (χ4v) is 2.96. The van der Waals surface area contributed by atoms with Gasteiger partial charge in [0.05, 0.1) is 12.1 Å². The fourth-order valence-electron chi connectivity index (χ4n) is 2.96. The Balaban J connectivity index is 2.06. The Morgan fingerprint density at radius 2 is 2.00 bits per heavy atom. The van der Waals surface area contributed by atoms with Crippen LogP contribution in [-0.2, 0) is 11.2 Å². The molecular weight excluding hydrogens is 246 g/mol. The zero-order valence-corrected chi connectivity index (χ0v) is 13.4. The highest BCUT2D eigenvalue weighted by Crippen LogP contribution is 2.31. The maximum atomic E-state index is 6.24. The van der Waals surface area contributed by atoms with E-state index in [1.807, 2.05) is 7.05 Å². The largest absolute Gasteiger partial charge is 0.376 e. The number of ether oxygens (including phenoxy) is 1. The van der Waals surface area contributed by atoms with Crippen LogP contribution in [0.25, 0.3) is 0 Å². The predicted molar refractivity (Wildman–Crippen MR) is 85.0 cm³/mol. The zero-order chi connectivity index (χ0) is 14.6. The van der Waals surface area contributed by atoms with Gasteiger partial charge in [-0.2, -0.15) is 0 Å². The lowest BCUT2D eigenvalue weighted by Gasteiger charge is -2.28. The van der Waals surface area contributed by atoms with E-state index in [1.165, 1.54) is 24.0 Å². The van der Waals surface area contributed by atoms with Gasteiger partial charge in [-0.05, 0) is 49.3 Å². The Hall–Kier alpha value is -0.860. The summed E-state index contributed by atoms with van der Waals surface area (Å²) >= 11 is 0. The molecule has 2 nitrogen and oxygen atoms in total. The highest BCUT2D eigenvalue weighted by molar-refractivity contribution is 5.32. The Bertz CT molecular complexity index is 422. The molecule has 0 saturated heterocycles. The summed E-state index contributed by atoms with van der Waals surface area (Å²) in [5, 5.41) is 3.47. The number of benzene rings is 1. The third-order valence-electron chi connectivity index (χ3n) is 4.19. The molecule has 1 aliphatic carbocycles. The minimum Gasteiger partial charge on any atom is -0.376 e. The van der Waals surface area contributed by atoms with E-state index < -0.39 is 0 Å². The molecule has 2 heteroatoms. The van der Waals surface area contributed by atoms with Crippen LogP contribution in [0.4, 0.5) is 0 Å². The molecular formula is C18H29NO. The molecule has 0 saturated carbocycles. The van der Waals surface area contributed by atoms with Crippen LogP contribution in [0.15, 0.2) is 24.3 Å². The molecule has 0 aliphatic heterocycles. The monoisotopic (exact) mass is 275 g/mol. The quantitative estimate of drug-likeness (QED) is 0.835. The van der Waals surface area contributed by atoms with E-state index in [1.54, 1.807) is 0 Å². The molecule has 112 valence electrons. The molecule has 2 unspecified atom stereocenters. The second kappa shape index (κ2) is 6.73. The van der Waals surface area contributed by atoms with Gasteiger partial charge in [-0.1, -0.05) is 45.0 Å². The van der Waals surface area contributed by atoms with Crippen LogP contribution in [-0.4, -0.2) is 19.8 Å². The van der Waals surface area contributed by atoms with E-state index in [9.17, 15) is 0 Å². The SMILES string of the molecule is CNC1c2ccccc2CCCC1OCCC(C)(C)C. The molecule has 0 aromatic heterocycles.